The molecule has 0 fully saturated rings. The smallest absolute Gasteiger partial charge is 0.249 e. The lowest BCUT2D eigenvalue weighted by molar-refractivity contribution is 0.100. The van der Waals surface area contributed by atoms with E-state index in [1.54, 1.807) is 6.07 Å². The molecule has 4 nitrogen and oxygen atoms in total. The molecule has 3 aromatic carbocycles. The van der Waals surface area contributed by atoms with Gasteiger partial charge in [-0.05, 0) is 47.7 Å². The summed E-state index contributed by atoms with van der Waals surface area (Å²) in [5, 5.41) is 0. The Bertz CT molecular complexity index is 1170. The monoisotopic (exact) mass is 383 g/mol. The minimum atomic E-state index is -0.408. The average molecular weight is 383 g/mol. The number of aromatic nitrogens is 2. The number of para-hydroxylation sites is 1. The number of benzene rings is 3. The molecule has 0 radical (unpaired) electrons. The van der Waals surface area contributed by atoms with E-state index in [2.05, 4.69) is 60.9 Å². The number of amides is 1. The number of rotatable bonds is 6. The molecular formula is C25H25N3O. The summed E-state index contributed by atoms with van der Waals surface area (Å²) in [4.78, 5) is 16.6. The number of aryl methyl sites for hydroxylation is 2. The van der Waals surface area contributed by atoms with E-state index in [4.69, 9.17) is 10.7 Å². The number of carbonyl (C=O) groups is 1. The van der Waals surface area contributed by atoms with Crippen molar-refractivity contribution in [3.05, 3.63) is 89.2 Å². The zero-order valence-electron chi connectivity index (χ0n) is 16.9. The summed E-state index contributed by atoms with van der Waals surface area (Å²) in [6.07, 6.45) is 2.02. The highest BCUT2D eigenvalue weighted by Gasteiger charge is 2.13. The van der Waals surface area contributed by atoms with Gasteiger partial charge in [-0.3, -0.25) is 4.79 Å². The molecule has 0 aliphatic heterocycles. The highest BCUT2D eigenvalue weighted by molar-refractivity contribution is 5.99. The van der Waals surface area contributed by atoms with Crippen molar-refractivity contribution in [2.75, 3.05) is 0 Å². The van der Waals surface area contributed by atoms with Crippen LogP contribution in [-0.4, -0.2) is 15.5 Å². The summed E-state index contributed by atoms with van der Waals surface area (Å²) >= 11 is 0. The highest BCUT2D eigenvalue weighted by atomic mass is 16.1. The van der Waals surface area contributed by atoms with E-state index in [1.807, 2.05) is 18.2 Å². The second-order valence-corrected chi connectivity index (χ2v) is 7.41. The number of imidazole rings is 1. The van der Waals surface area contributed by atoms with Gasteiger partial charge in [0.2, 0.25) is 5.91 Å². The van der Waals surface area contributed by atoms with Crippen LogP contribution < -0.4 is 5.73 Å². The molecule has 2 N–H and O–H groups in total. The van der Waals surface area contributed by atoms with Crippen LogP contribution in [-0.2, 0) is 13.0 Å². The average Bonchev–Trinajstić information content (AvgIpc) is 3.07. The zero-order valence-corrected chi connectivity index (χ0v) is 16.9. The maximum atomic E-state index is 11.7. The molecule has 0 saturated carbocycles. The maximum absolute atomic E-state index is 11.7. The van der Waals surface area contributed by atoms with Gasteiger partial charge in [-0.2, -0.15) is 0 Å². The summed E-state index contributed by atoms with van der Waals surface area (Å²) in [7, 11) is 0. The van der Waals surface area contributed by atoms with E-state index < -0.39 is 5.91 Å². The second kappa shape index (κ2) is 7.92. The van der Waals surface area contributed by atoms with Crippen molar-refractivity contribution in [1.29, 1.82) is 0 Å². The third kappa shape index (κ3) is 3.66. The van der Waals surface area contributed by atoms with Crippen molar-refractivity contribution in [3.63, 3.8) is 0 Å². The second-order valence-electron chi connectivity index (χ2n) is 7.41. The number of nitrogens with two attached hydrogens (primary N) is 1. The van der Waals surface area contributed by atoms with Crippen molar-refractivity contribution in [2.45, 2.75) is 33.2 Å². The lowest BCUT2D eigenvalue weighted by atomic mass is 9.98. The molecule has 4 aromatic rings. The van der Waals surface area contributed by atoms with Crippen molar-refractivity contribution in [1.82, 2.24) is 9.55 Å². The van der Waals surface area contributed by atoms with Crippen LogP contribution in [0.2, 0.25) is 0 Å². The number of hydrogen-bond donors (Lipinski definition) is 1. The fraction of sp³-hybridized carbons (Fsp3) is 0.200. The number of hydrogen-bond acceptors (Lipinski definition) is 2. The van der Waals surface area contributed by atoms with E-state index in [0.717, 1.165) is 41.9 Å². The van der Waals surface area contributed by atoms with Gasteiger partial charge < -0.3 is 10.3 Å². The Labute approximate surface area is 171 Å². The van der Waals surface area contributed by atoms with E-state index in [9.17, 15) is 4.79 Å². The third-order valence-corrected chi connectivity index (χ3v) is 5.33. The van der Waals surface area contributed by atoms with Crippen molar-refractivity contribution < 1.29 is 4.79 Å². The van der Waals surface area contributed by atoms with Crippen LogP contribution in [0.15, 0.2) is 66.7 Å². The number of nitrogens with zero attached hydrogens (tertiary/aromatic N) is 2. The van der Waals surface area contributed by atoms with Crippen LogP contribution in [0, 0.1) is 6.92 Å². The van der Waals surface area contributed by atoms with Gasteiger partial charge in [0.1, 0.15) is 5.82 Å². The summed E-state index contributed by atoms with van der Waals surface area (Å²) in [5.74, 6) is 0.717. The molecule has 0 unspecified atom stereocenters. The molecule has 0 saturated heterocycles. The summed E-state index contributed by atoms with van der Waals surface area (Å²) in [6.45, 7) is 5.06. The van der Waals surface area contributed by atoms with E-state index in [1.165, 1.54) is 16.6 Å². The van der Waals surface area contributed by atoms with Crippen LogP contribution >= 0.6 is 0 Å². The van der Waals surface area contributed by atoms with E-state index in [-0.39, 0.29) is 0 Å². The lowest BCUT2D eigenvalue weighted by Crippen LogP contribution is -2.12. The van der Waals surface area contributed by atoms with Crippen molar-refractivity contribution in [3.8, 4) is 11.1 Å². The topological polar surface area (TPSA) is 60.9 Å². The molecule has 1 heterocycles. The van der Waals surface area contributed by atoms with Gasteiger partial charge in [-0.15, -0.1) is 0 Å². The predicted molar refractivity (Wildman–Crippen MR) is 118 cm³/mol. The first-order chi connectivity index (χ1) is 14.1. The van der Waals surface area contributed by atoms with Gasteiger partial charge in [0, 0.05) is 18.5 Å². The van der Waals surface area contributed by atoms with Crippen molar-refractivity contribution in [2.24, 2.45) is 5.73 Å². The standard InChI is InChI=1S/C25H25N3O/c1-3-7-23-27-24-17(2)8-6-11-22(24)28(23)16-18-12-14-19(15-13-18)20-9-4-5-10-21(20)25(26)29/h4-6,8-15H,3,7,16H2,1-2H3,(H2,26,29). The van der Waals surface area contributed by atoms with Crippen LogP contribution in [0.1, 0.15) is 40.7 Å². The molecule has 0 atom stereocenters. The van der Waals surface area contributed by atoms with Crippen molar-refractivity contribution >= 4 is 16.9 Å². The van der Waals surface area contributed by atoms with Gasteiger partial charge >= 0.3 is 0 Å². The molecule has 1 amide bonds. The summed E-state index contributed by atoms with van der Waals surface area (Å²) in [5.41, 5.74) is 12.6. The number of fused-ring (bicyclic) bond motifs is 1. The van der Waals surface area contributed by atoms with Crippen LogP contribution in [0.25, 0.3) is 22.2 Å². The minimum Gasteiger partial charge on any atom is -0.366 e. The molecule has 4 rings (SSSR count). The predicted octanol–water partition coefficient (Wildman–Crippen LogP) is 5.11. The third-order valence-electron chi connectivity index (χ3n) is 5.33. The Balaban J connectivity index is 1.69. The van der Waals surface area contributed by atoms with E-state index >= 15 is 0 Å². The lowest BCUT2D eigenvalue weighted by Gasteiger charge is -2.11. The largest absolute Gasteiger partial charge is 0.366 e. The first kappa shape index (κ1) is 18.9. The Morgan fingerprint density at radius 2 is 1.76 bits per heavy atom. The van der Waals surface area contributed by atoms with Gasteiger partial charge in [-0.25, -0.2) is 4.98 Å². The number of carbonyl (C=O) groups excluding carboxylic acids is 1. The Hall–Kier alpha value is -3.40. The summed E-state index contributed by atoms with van der Waals surface area (Å²) in [6, 6.07) is 22.1. The fourth-order valence-electron chi connectivity index (χ4n) is 3.85. The van der Waals surface area contributed by atoms with Crippen LogP contribution in [0.4, 0.5) is 0 Å². The first-order valence-corrected chi connectivity index (χ1v) is 10.0. The van der Waals surface area contributed by atoms with E-state index in [0.29, 0.717) is 5.56 Å². The molecule has 0 aliphatic rings. The SMILES string of the molecule is CCCc1nc2c(C)cccc2n1Cc1ccc(-c2ccccc2C(N)=O)cc1. The first-order valence-electron chi connectivity index (χ1n) is 10.0. The van der Waals surface area contributed by atoms with Gasteiger partial charge in [0.25, 0.3) is 0 Å². The van der Waals surface area contributed by atoms with Crippen LogP contribution in [0.3, 0.4) is 0 Å². The molecule has 29 heavy (non-hydrogen) atoms. The summed E-state index contributed by atoms with van der Waals surface area (Å²) < 4.78 is 2.32. The molecule has 1 aromatic heterocycles. The van der Waals surface area contributed by atoms with Gasteiger partial charge in [-0.1, -0.05) is 61.5 Å². The van der Waals surface area contributed by atoms with Gasteiger partial charge in [0.05, 0.1) is 11.0 Å². The molecule has 0 bridgehead atoms. The molecule has 0 spiro atoms. The molecular weight excluding hydrogens is 358 g/mol. The molecule has 146 valence electrons. The molecule has 0 aliphatic carbocycles. The number of primary amides is 1. The van der Waals surface area contributed by atoms with Gasteiger partial charge in [0.15, 0.2) is 0 Å². The highest BCUT2D eigenvalue weighted by Crippen LogP contribution is 2.26. The Morgan fingerprint density at radius 1 is 1.00 bits per heavy atom. The quantitative estimate of drug-likeness (QED) is 0.503. The Morgan fingerprint density at radius 3 is 2.48 bits per heavy atom. The zero-order chi connectivity index (χ0) is 20.4. The minimum absolute atomic E-state index is 0.408. The molecule has 4 heteroatoms. The maximum Gasteiger partial charge on any atom is 0.249 e. The van der Waals surface area contributed by atoms with Crippen LogP contribution in [0.5, 0.6) is 0 Å². The Kier molecular flexibility index (Phi) is 5.17. The fourth-order valence-corrected chi connectivity index (χ4v) is 3.85. The normalized spacial score (nSPS) is 11.1.